The van der Waals surface area contributed by atoms with Gasteiger partial charge in [-0.1, -0.05) is 11.6 Å². The molecule has 2 N–H and O–H groups in total. The Hall–Kier alpha value is -0.490. The summed E-state index contributed by atoms with van der Waals surface area (Å²) >= 11 is 7.46. The molecule has 0 aromatic heterocycles. The number of aromatic carboxylic acids is 1. The van der Waals surface area contributed by atoms with Crippen molar-refractivity contribution in [3.05, 3.63) is 26.3 Å². The fourth-order valence-corrected chi connectivity index (χ4v) is 1.60. The first-order valence-electron chi connectivity index (χ1n) is 2.93. The highest BCUT2D eigenvalue weighted by atomic mass is 127. The number of aromatic hydroxyl groups is 1. The molecule has 5 heteroatoms. The summed E-state index contributed by atoms with van der Waals surface area (Å²) in [6.45, 7) is 0. The van der Waals surface area contributed by atoms with Gasteiger partial charge < -0.3 is 10.2 Å². The zero-order chi connectivity index (χ0) is 9.30. The highest BCUT2D eigenvalue weighted by Gasteiger charge is 2.11. The van der Waals surface area contributed by atoms with E-state index in [1.807, 2.05) is 22.6 Å². The predicted molar refractivity (Wildman–Crippen MR) is 52.8 cm³/mol. The molecule has 1 aromatic rings. The van der Waals surface area contributed by atoms with Gasteiger partial charge in [-0.25, -0.2) is 4.79 Å². The molecule has 1 aromatic carbocycles. The number of phenolic OH excluding ortho intramolecular Hbond substituents is 1. The van der Waals surface area contributed by atoms with Crippen molar-refractivity contribution in [2.45, 2.75) is 0 Å². The standard InChI is InChI=1S/C7H4ClIO3/c8-4-2-5(9)6(10)1-3(4)7(11)12/h1-2,10H,(H,11,12). The molecule has 0 unspecified atom stereocenters. The fourth-order valence-electron chi connectivity index (χ4n) is 0.701. The van der Waals surface area contributed by atoms with Crippen LogP contribution in [-0.2, 0) is 0 Å². The molecule has 0 atom stereocenters. The molecule has 0 saturated heterocycles. The number of rotatable bonds is 1. The van der Waals surface area contributed by atoms with E-state index in [0.29, 0.717) is 3.57 Å². The lowest BCUT2D eigenvalue weighted by Crippen LogP contribution is -1.97. The summed E-state index contributed by atoms with van der Waals surface area (Å²) in [7, 11) is 0. The Bertz CT molecular complexity index is 338. The first-order valence-corrected chi connectivity index (χ1v) is 4.39. The van der Waals surface area contributed by atoms with E-state index in [1.165, 1.54) is 6.07 Å². The van der Waals surface area contributed by atoms with Gasteiger partial charge in [-0.3, -0.25) is 0 Å². The van der Waals surface area contributed by atoms with Crippen LogP contribution in [0.15, 0.2) is 12.1 Å². The monoisotopic (exact) mass is 298 g/mol. The maximum Gasteiger partial charge on any atom is 0.337 e. The van der Waals surface area contributed by atoms with Crippen LogP contribution in [0.5, 0.6) is 5.75 Å². The Morgan fingerprint density at radius 3 is 2.58 bits per heavy atom. The van der Waals surface area contributed by atoms with E-state index in [4.69, 9.17) is 21.8 Å². The molecule has 3 nitrogen and oxygen atoms in total. The quantitative estimate of drug-likeness (QED) is 0.783. The van der Waals surface area contributed by atoms with Gasteiger partial charge in [-0.15, -0.1) is 0 Å². The highest BCUT2D eigenvalue weighted by Crippen LogP contribution is 2.27. The van der Waals surface area contributed by atoms with Crippen molar-refractivity contribution in [3.63, 3.8) is 0 Å². The van der Waals surface area contributed by atoms with Crippen molar-refractivity contribution >= 4 is 40.2 Å². The number of carboxylic acid groups (broad SMARTS) is 1. The molecule has 0 saturated carbocycles. The van der Waals surface area contributed by atoms with Crippen molar-refractivity contribution in [2.24, 2.45) is 0 Å². The van der Waals surface area contributed by atoms with Gasteiger partial charge >= 0.3 is 5.97 Å². The van der Waals surface area contributed by atoms with Gasteiger partial charge in [0.05, 0.1) is 14.2 Å². The SMILES string of the molecule is O=C(O)c1cc(O)c(I)cc1Cl. The van der Waals surface area contributed by atoms with Crippen LogP contribution in [-0.4, -0.2) is 16.2 Å². The summed E-state index contributed by atoms with van der Waals surface area (Å²) in [5, 5.41) is 17.9. The molecule has 0 aliphatic heterocycles. The molecule has 0 heterocycles. The molecule has 0 bridgehead atoms. The number of carbonyl (C=O) groups is 1. The number of halogens is 2. The van der Waals surface area contributed by atoms with E-state index in [-0.39, 0.29) is 16.3 Å². The second kappa shape index (κ2) is 3.49. The number of benzene rings is 1. The molecular weight excluding hydrogens is 294 g/mol. The van der Waals surface area contributed by atoms with Crippen LogP contribution in [0, 0.1) is 3.57 Å². The number of phenols is 1. The van der Waals surface area contributed by atoms with Crippen LogP contribution in [0.3, 0.4) is 0 Å². The van der Waals surface area contributed by atoms with E-state index in [2.05, 4.69) is 0 Å². The van der Waals surface area contributed by atoms with E-state index in [0.717, 1.165) is 6.07 Å². The van der Waals surface area contributed by atoms with Gasteiger partial charge in [0.25, 0.3) is 0 Å². The van der Waals surface area contributed by atoms with Crippen molar-refractivity contribution in [3.8, 4) is 5.75 Å². The average molecular weight is 298 g/mol. The molecule has 0 fully saturated rings. The maximum atomic E-state index is 10.5. The smallest absolute Gasteiger partial charge is 0.337 e. The summed E-state index contributed by atoms with van der Waals surface area (Å²) < 4.78 is 0.530. The minimum Gasteiger partial charge on any atom is -0.507 e. The second-order valence-corrected chi connectivity index (χ2v) is 3.66. The molecule has 1 rings (SSSR count). The van der Waals surface area contributed by atoms with E-state index >= 15 is 0 Å². The average Bonchev–Trinajstić information content (AvgIpc) is 1.96. The van der Waals surface area contributed by atoms with E-state index in [9.17, 15) is 4.79 Å². The van der Waals surface area contributed by atoms with E-state index < -0.39 is 5.97 Å². The molecule has 0 radical (unpaired) electrons. The third-order valence-corrected chi connectivity index (χ3v) is 2.44. The fraction of sp³-hybridized carbons (Fsp3) is 0. The predicted octanol–water partition coefficient (Wildman–Crippen LogP) is 2.35. The maximum absolute atomic E-state index is 10.5. The Balaban J connectivity index is 3.33. The molecule has 0 aliphatic rings. The largest absolute Gasteiger partial charge is 0.507 e. The highest BCUT2D eigenvalue weighted by molar-refractivity contribution is 14.1. The van der Waals surface area contributed by atoms with Crippen molar-refractivity contribution in [2.75, 3.05) is 0 Å². The molecule has 0 spiro atoms. The summed E-state index contributed by atoms with van der Waals surface area (Å²) in [6.07, 6.45) is 0. The minimum absolute atomic E-state index is 0.0719. The molecule has 0 amide bonds. The lowest BCUT2D eigenvalue weighted by molar-refractivity contribution is 0.0696. The van der Waals surface area contributed by atoms with Gasteiger partial charge in [0, 0.05) is 0 Å². The Labute approximate surface area is 87.1 Å². The molecule has 12 heavy (non-hydrogen) atoms. The van der Waals surface area contributed by atoms with Crippen molar-refractivity contribution in [1.29, 1.82) is 0 Å². The van der Waals surface area contributed by atoms with Crippen LogP contribution < -0.4 is 0 Å². The Morgan fingerprint density at radius 1 is 1.50 bits per heavy atom. The third-order valence-electron chi connectivity index (χ3n) is 1.27. The number of carboxylic acids is 1. The first-order chi connectivity index (χ1) is 5.52. The zero-order valence-electron chi connectivity index (χ0n) is 5.71. The number of hydrogen-bond acceptors (Lipinski definition) is 2. The zero-order valence-corrected chi connectivity index (χ0v) is 8.63. The summed E-state index contributed by atoms with van der Waals surface area (Å²) in [4.78, 5) is 10.5. The molecular formula is C7H4ClIO3. The van der Waals surface area contributed by atoms with Crippen molar-refractivity contribution in [1.82, 2.24) is 0 Å². The van der Waals surface area contributed by atoms with Crippen LogP contribution >= 0.6 is 34.2 Å². The first kappa shape index (κ1) is 9.60. The summed E-state index contributed by atoms with van der Waals surface area (Å²) in [5.74, 6) is -1.22. The lowest BCUT2D eigenvalue weighted by Gasteiger charge is -2.01. The Morgan fingerprint density at radius 2 is 2.08 bits per heavy atom. The minimum atomic E-state index is -1.15. The van der Waals surface area contributed by atoms with Crippen LogP contribution in [0.1, 0.15) is 10.4 Å². The van der Waals surface area contributed by atoms with Crippen LogP contribution in [0.2, 0.25) is 5.02 Å². The van der Waals surface area contributed by atoms with Gasteiger partial charge in [-0.2, -0.15) is 0 Å². The summed E-state index contributed by atoms with van der Waals surface area (Å²) in [6, 6.07) is 2.54. The topological polar surface area (TPSA) is 57.5 Å². The third kappa shape index (κ3) is 1.81. The molecule has 0 aliphatic carbocycles. The van der Waals surface area contributed by atoms with Gasteiger partial charge in [0.1, 0.15) is 5.75 Å². The number of hydrogen-bond donors (Lipinski definition) is 2. The summed E-state index contributed by atoms with van der Waals surface area (Å²) in [5.41, 5.74) is -0.0883. The van der Waals surface area contributed by atoms with Gasteiger partial charge in [0.15, 0.2) is 0 Å². The van der Waals surface area contributed by atoms with Crippen molar-refractivity contribution < 1.29 is 15.0 Å². The normalized spacial score (nSPS) is 9.83. The van der Waals surface area contributed by atoms with Crippen LogP contribution in [0.4, 0.5) is 0 Å². The van der Waals surface area contributed by atoms with Gasteiger partial charge in [-0.05, 0) is 34.7 Å². The van der Waals surface area contributed by atoms with E-state index in [1.54, 1.807) is 0 Å². The lowest BCUT2D eigenvalue weighted by atomic mass is 10.2. The Kier molecular flexibility index (Phi) is 2.79. The van der Waals surface area contributed by atoms with Crippen LogP contribution in [0.25, 0.3) is 0 Å². The molecule has 64 valence electrons. The van der Waals surface area contributed by atoms with Gasteiger partial charge in [0.2, 0.25) is 0 Å². The second-order valence-electron chi connectivity index (χ2n) is 2.09.